The Bertz CT molecular complexity index is 741. The van der Waals surface area contributed by atoms with Crippen LogP contribution in [0.1, 0.15) is 5.56 Å². The van der Waals surface area contributed by atoms with Gasteiger partial charge >= 0.3 is 0 Å². The van der Waals surface area contributed by atoms with Gasteiger partial charge in [-0.05, 0) is 23.8 Å². The summed E-state index contributed by atoms with van der Waals surface area (Å²) in [5, 5.41) is 0.324. The molecule has 1 aromatic heterocycles. The zero-order valence-electron chi connectivity index (χ0n) is 10.5. The Morgan fingerprint density at radius 2 is 1.76 bits per heavy atom. The average molecular weight is 367 g/mol. The molecule has 0 radical (unpaired) electrons. The number of aromatic nitrogens is 1. The largest absolute Gasteiger partial charge is 0.326 e. The van der Waals surface area contributed by atoms with Gasteiger partial charge in [-0.15, -0.1) is 0 Å². The molecule has 5 nitrogen and oxygen atoms in total. The number of halogens is 3. The number of hydrogen-bond donors (Lipinski definition) is 2. The summed E-state index contributed by atoms with van der Waals surface area (Å²) < 4.78 is 26.8. The molecular formula is C12H10Cl3N3O2S. The van der Waals surface area contributed by atoms with E-state index in [4.69, 9.17) is 40.5 Å². The first kappa shape index (κ1) is 16.3. The lowest BCUT2D eigenvalue weighted by Crippen LogP contribution is -2.15. The number of anilines is 1. The van der Waals surface area contributed by atoms with Crippen LogP contribution in [0, 0.1) is 0 Å². The highest BCUT2D eigenvalue weighted by molar-refractivity contribution is 7.92. The Morgan fingerprint density at radius 1 is 1.14 bits per heavy atom. The molecule has 0 saturated heterocycles. The first-order valence-electron chi connectivity index (χ1n) is 5.66. The van der Waals surface area contributed by atoms with E-state index < -0.39 is 10.0 Å². The predicted molar refractivity (Wildman–Crippen MR) is 84.4 cm³/mol. The number of hydrogen-bond acceptors (Lipinski definition) is 4. The average Bonchev–Trinajstić information content (AvgIpc) is 2.43. The molecule has 1 heterocycles. The maximum absolute atomic E-state index is 12.2. The van der Waals surface area contributed by atoms with Crippen LogP contribution >= 0.6 is 34.8 Å². The molecule has 21 heavy (non-hydrogen) atoms. The quantitative estimate of drug-likeness (QED) is 0.869. The maximum Gasteiger partial charge on any atom is 0.279 e. The lowest BCUT2D eigenvalue weighted by atomic mass is 10.3. The molecule has 9 heteroatoms. The van der Waals surface area contributed by atoms with Crippen LogP contribution in [0.15, 0.2) is 35.5 Å². The Kier molecular flexibility index (Phi) is 4.95. The van der Waals surface area contributed by atoms with Crippen LogP contribution in [0.3, 0.4) is 0 Å². The molecule has 0 aliphatic heterocycles. The van der Waals surface area contributed by atoms with Crippen molar-refractivity contribution in [1.29, 1.82) is 0 Å². The summed E-state index contributed by atoms with van der Waals surface area (Å²) in [6.07, 6.45) is 1.39. The summed E-state index contributed by atoms with van der Waals surface area (Å²) in [5.41, 5.74) is 6.20. The number of benzene rings is 1. The molecule has 0 bridgehead atoms. The van der Waals surface area contributed by atoms with E-state index in [0.717, 1.165) is 5.56 Å². The van der Waals surface area contributed by atoms with E-state index in [2.05, 4.69) is 9.71 Å². The van der Waals surface area contributed by atoms with Crippen LogP contribution < -0.4 is 10.5 Å². The molecule has 1 aromatic carbocycles. The van der Waals surface area contributed by atoms with E-state index in [0.29, 0.717) is 5.02 Å². The Hall–Kier alpha value is -1.05. The van der Waals surface area contributed by atoms with E-state index in [-0.39, 0.29) is 27.3 Å². The fourth-order valence-electron chi connectivity index (χ4n) is 1.52. The second kappa shape index (κ2) is 6.37. The summed E-state index contributed by atoms with van der Waals surface area (Å²) in [6, 6.07) is 5.70. The molecule has 0 aliphatic rings. The topological polar surface area (TPSA) is 85.1 Å². The van der Waals surface area contributed by atoms with Crippen molar-refractivity contribution in [3.05, 3.63) is 51.1 Å². The van der Waals surface area contributed by atoms with Crippen LogP contribution in [-0.4, -0.2) is 13.4 Å². The molecule has 0 atom stereocenters. The number of nitrogens with two attached hydrogens (primary N) is 1. The standard InChI is InChI=1S/C12H10Cl3N3O2S/c13-8-3-9(14)12(10(15)4-8)18-21(19,20)11-2-1-7(5-16)6-17-11/h1-4,6,18H,5,16H2. The van der Waals surface area contributed by atoms with E-state index in [1.807, 2.05) is 0 Å². The van der Waals surface area contributed by atoms with E-state index in [1.165, 1.54) is 24.4 Å². The minimum Gasteiger partial charge on any atom is -0.326 e. The van der Waals surface area contributed by atoms with Crippen LogP contribution in [0.5, 0.6) is 0 Å². The van der Waals surface area contributed by atoms with Gasteiger partial charge in [0.2, 0.25) is 0 Å². The van der Waals surface area contributed by atoms with E-state index in [9.17, 15) is 8.42 Å². The van der Waals surface area contributed by atoms with Gasteiger partial charge in [-0.3, -0.25) is 4.72 Å². The normalized spacial score (nSPS) is 11.4. The summed E-state index contributed by atoms with van der Waals surface area (Å²) in [7, 11) is -3.91. The molecule has 0 fully saturated rings. The monoisotopic (exact) mass is 365 g/mol. The second-order valence-corrected chi connectivity index (χ2v) is 6.94. The molecule has 2 aromatic rings. The van der Waals surface area contributed by atoms with Crippen molar-refractivity contribution in [1.82, 2.24) is 4.98 Å². The Morgan fingerprint density at radius 3 is 2.24 bits per heavy atom. The van der Waals surface area contributed by atoms with Crippen LogP contribution in [-0.2, 0) is 16.6 Å². The van der Waals surface area contributed by atoms with Crippen molar-refractivity contribution < 1.29 is 8.42 Å². The van der Waals surface area contributed by atoms with Crippen LogP contribution in [0.4, 0.5) is 5.69 Å². The summed E-state index contributed by atoms with van der Waals surface area (Å²) in [5.74, 6) is 0. The molecule has 2 rings (SSSR count). The minimum absolute atomic E-state index is 0.0486. The molecule has 112 valence electrons. The van der Waals surface area contributed by atoms with Gasteiger partial charge in [-0.1, -0.05) is 40.9 Å². The molecular weight excluding hydrogens is 357 g/mol. The van der Waals surface area contributed by atoms with Crippen molar-refractivity contribution in [2.75, 3.05) is 4.72 Å². The highest BCUT2D eigenvalue weighted by Crippen LogP contribution is 2.34. The molecule has 0 aliphatic carbocycles. The summed E-state index contributed by atoms with van der Waals surface area (Å²) >= 11 is 17.7. The highest BCUT2D eigenvalue weighted by atomic mass is 35.5. The molecule has 0 saturated carbocycles. The molecule has 0 amide bonds. The number of sulfonamides is 1. The third kappa shape index (κ3) is 3.78. The van der Waals surface area contributed by atoms with Gasteiger partial charge in [0.15, 0.2) is 5.03 Å². The van der Waals surface area contributed by atoms with Gasteiger partial charge < -0.3 is 5.73 Å². The van der Waals surface area contributed by atoms with E-state index >= 15 is 0 Å². The van der Waals surface area contributed by atoms with Crippen molar-refractivity contribution >= 4 is 50.5 Å². The first-order valence-corrected chi connectivity index (χ1v) is 8.27. The van der Waals surface area contributed by atoms with Crippen LogP contribution in [0.2, 0.25) is 15.1 Å². The lowest BCUT2D eigenvalue weighted by molar-refractivity contribution is 0.597. The number of nitrogens with zero attached hydrogens (tertiary/aromatic N) is 1. The number of pyridine rings is 1. The van der Waals surface area contributed by atoms with Gasteiger partial charge in [0.25, 0.3) is 10.0 Å². The van der Waals surface area contributed by atoms with Gasteiger partial charge in [-0.25, -0.2) is 4.98 Å². The van der Waals surface area contributed by atoms with Crippen LogP contribution in [0.25, 0.3) is 0 Å². The number of rotatable bonds is 4. The summed E-state index contributed by atoms with van der Waals surface area (Å²) in [6.45, 7) is 0.273. The van der Waals surface area contributed by atoms with Gasteiger partial charge in [0.1, 0.15) is 0 Å². The highest BCUT2D eigenvalue weighted by Gasteiger charge is 2.19. The predicted octanol–water partition coefficient (Wildman–Crippen LogP) is 3.30. The SMILES string of the molecule is NCc1ccc(S(=O)(=O)Nc2c(Cl)cc(Cl)cc2Cl)nc1. The zero-order valence-corrected chi connectivity index (χ0v) is 13.6. The maximum atomic E-state index is 12.2. The second-order valence-electron chi connectivity index (χ2n) is 4.06. The van der Waals surface area contributed by atoms with Gasteiger partial charge in [-0.2, -0.15) is 8.42 Å². The lowest BCUT2D eigenvalue weighted by Gasteiger charge is -2.11. The smallest absolute Gasteiger partial charge is 0.279 e. The van der Waals surface area contributed by atoms with Crippen molar-refractivity contribution in [2.24, 2.45) is 5.73 Å². The van der Waals surface area contributed by atoms with Crippen molar-refractivity contribution in [3.8, 4) is 0 Å². The molecule has 3 N–H and O–H groups in total. The van der Waals surface area contributed by atoms with Crippen molar-refractivity contribution in [3.63, 3.8) is 0 Å². The third-order valence-electron chi connectivity index (χ3n) is 2.55. The molecule has 0 spiro atoms. The first-order chi connectivity index (χ1) is 9.83. The number of nitrogens with one attached hydrogen (secondary N) is 1. The fraction of sp³-hybridized carbons (Fsp3) is 0.0833. The zero-order chi connectivity index (χ0) is 15.6. The van der Waals surface area contributed by atoms with Gasteiger partial charge in [0.05, 0.1) is 15.7 Å². The van der Waals surface area contributed by atoms with Crippen molar-refractivity contribution in [2.45, 2.75) is 11.6 Å². The fourth-order valence-corrected chi connectivity index (χ4v) is 3.57. The van der Waals surface area contributed by atoms with Gasteiger partial charge in [0, 0.05) is 17.8 Å². The third-order valence-corrected chi connectivity index (χ3v) is 4.63. The molecule has 0 unspecified atom stereocenters. The minimum atomic E-state index is -3.91. The Labute approximate surface area is 137 Å². The Balaban J connectivity index is 2.37. The van der Waals surface area contributed by atoms with E-state index in [1.54, 1.807) is 6.07 Å². The summed E-state index contributed by atoms with van der Waals surface area (Å²) in [4.78, 5) is 3.85.